The van der Waals surface area contributed by atoms with Crippen molar-refractivity contribution < 1.29 is 4.74 Å². The molecule has 3 nitrogen and oxygen atoms in total. The number of piperidine rings is 1. The SMILES string of the molecule is CNCC1CCCN(CCC2CCOC2)C1. The van der Waals surface area contributed by atoms with Crippen molar-refractivity contribution in [3.63, 3.8) is 0 Å². The van der Waals surface area contributed by atoms with E-state index < -0.39 is 0 Å². The van der Waals surface area contributed by atoms with Crippen LogP contribution in [0.25, 0.3) is 0 Å². The highest BCUT2D eigenvalue weighted by atomic mass is 16.5. The predicted octanol–water partition coefficient (Wildman–Crippen LogP) is 1.34. The Kier molecular flexibility index (Phi) is 5.07. The minimum absolute atomic E-state index is 0.838. The third-order valence-electron chi connectivity index (χ3n) is 3.97. The van der Waals surface area contributed by atoms with E-state index in [2.05, 4.69) is 17.3 Å². The smallest absolute Gasteiger partial charge is 0.0495 e. The zero-order chi connectivity index (χ0) is 11.2. The first-order valence-electron chi connectivity index (χ1n) is 6.83. The maximum Gasteiger partial charge on any atom is 0.0495 e. The largest absolute Gasteiger partial charge is 0.381 e. The molecule has 0 aromatic rings. The molecule has 2 heterocycles. The van der Waals surface area contributed by atoms with E-state index in [1.165, 1.54) is 51.9 Å². The van der Waals surface area contributed by atoms with Crippen LogP contribution in [0.1, 0.15) is 25.7 Å². The van der Waals surface area contributed by atoms with Gasteiger partial charge in [0.25, 0.3) is 0 Å². The summed E-state index contributed by atoms with van der Waals surface area (Å²) in [5.74, 6) is 1.71. The van der Waals surface area contributed by atoms with E-state index in [0.29, 0.717) is 0 Å². The topological polar surface area (TPSA) is 24.5 Å². The lowest BCUT2D eigenvalue weighted by molar-refractivity contribution is 0.153. The Morgan fingerprint density at radius 3 is 3.00 bits per heavy atom. The maximum absolute atomic E-state index is 5.43. The normalized spacial score (nSPS) is 32.1. The minimum Gasteiger partial charge on any atom is -0.381 e. The van der Waals surface area contributed by atoms with Crippen molar-refractivity contribution in [3.8, 4) is 0 Å². The number of rotatable bonds is 5. The fourth-order valence-corrected chi connectivity index (χ4v) is 2.99. The van der Waals surface area contributed by atoms with Gasteiger partial charge in [-0.15, -0.1) is 0 Å². The summed E-state index contributed by atoms with van der Waals surface area (Å²) >= 11 is 0. The van der Waals surface area contributed by atoms with Crippen molar-refractivity contribution in [3.05, 3.63) is 0 Å². The van der Waals surface area contributed by atoms with Crippen molar-refractivity contribution in [2.24, 2.45) is 11.8 Å². The number of likely N-dealkylation sites (tertiary alicyclic amines) is 1. The Hall–Kier alpha value is -0.120. The quantitative estimate of drug-likeness (QED) is 0.766. The molecule has 0 radical (unpaired) electrons. The van der Waals surface area contributed by atoms with Gasteiger partial charge in [-0.25, -0.2) is 0 Å². The van der Waals surface area contributed by atoms with Gasteiger partial charge in [0.15, 0.2) is 0 Å². The van der Waals surface area contributed by atoms with Crippen molar-refractivity contribution in [2.75, 3.05) is 46.4 Å². The first-order chi connectivity index (χ1) is 7.88. The zero-order valence-corrected chi connectivity index (χ0v) is 10.6. The molecule has 1 N–H and O–H groups in total. The highest BCUT2D eigenvalue weighted by Gasteiger charge is 2.21. The molecule has 16 heavy (non-hydrogen) atoms. The van der Waals surface area contributed by atoms with Crippen LogP contribution in [0.5, 0.6) is 0 Å². The summed E-state index contributed by atoms with van der Waals surface area (Å²) in [4.78, 5) is 2.66. The third-order valence-corrected chi connectivity index (χ3v) is 3.97. The Balaban J connectivity index is 1.64. The van der Waals surface area contributed by atoms with Crippen molar-refractivity contribution in [2.45, 2.75) is 25.7 Å². The molecule has 0 aliphatic carbocycles. The molecule has 0 spiro atoms. The maximum atomic E-state index is 5.43. The number of ether oxygens (including phenoxy) is 1. The molecule has 2 atom stereocenters. The summed E-state index contributed by atoms with van der Waals surface area (Å²) in [6, 6.07) is 0. The van der Waals surface area contributed by atoms with E-state index in [1.54, 1.807) is 0 Å². The molecule has 3 heteroatoms. The molecule has 0 bridgehead atoms. The number of nitrogens with zero attached hydrogens (tertiary/aromatic N) is 1. The highest BCUT2D eigenvalue weighted by molar-refractivity contribution is 4.75. The lowest BCUT2D eigenvalue weighted by Crippen LogP contribution is -2.39. The molecule has 0 aromatic heterocycles. The Bertz CT molecular complexity index is 190. The van der Waals surface area contributed by atoms with Crippen LogP contribution in [0.3, 0.4) is 0 Å². The van der Waals surface area contributed by atoms with E-state index in [4.69, 9.17) is 4.74 Å². The molecule has 2 fully saturated rings. The van der Waals surface area contributed by atoms with E-state index in [9.17, 15) is 0 Å². The second kappa shape index (κ2) is 6.58. The molecule has 2 rings (SSSR count). The monoisotopic (exact) mass is 226 g/mol. The van der Waals surface area contributed by atoms with Crippen molar-refractivity contribution >= 4 is 0 Å². The van der Waals surface area contributed by atoms with Gasteiger partial charge in [0, 0.05) is 19.8 Å². The van der Waals surface area contributed by atoms with Crippen LogP contribution in [-0.4, -0.2) is 51.3 Å². The van der Waals surface area contributed by atoms with Gasteiger partial charge in [-0.2, -0.15) is 0 Å². The fraction of sp³-hybridized carbons (Fsp3) is 1.00. The Morgan fingerprint density at radius 2 is 2.25 bits per heavy atom. The summed E-state index contributed by atoms with van der Waals surface area (Å²) < 4.78 is 5.43. The fourth-order valence-electron chi connectivity index (χ4n) is 2.99. The molecule has 2 aliphatic rings. The van der Waals surface area contributed by atoms with Crippen LogP contribution in [0.2, 0.25) is 0 Å². The number of hydrogen-bond acceptors (Lipinski definition) is 3. The van der Waals surface area contributed by atoms with E-state index in [1.807, 2.05) is 0 Å². The Morgan fingerprint density at radius 1 is 1.31 bits per heavy atom. The van der Waals surface area contributed by atoms with Crippen molar-refractivity contribution in [1.82, 2.24) is 10.2 Å². The molecular formula is C13H26N2O. The third kappa shape index (κ3) is 3.72. The molecule has 2 saturated heterocycles. The van der Waals surface area contributed by atoms with Crippen LogP contribution in [0.15, 0.2) is 0 Å². The molecule has 0 aromatic carbocycles. The average molecular weight is 226 g/mol. The first-order valence-corrected chi connectivity index (χ1v) is 6.83. The summed E-state index contributed by atoms with van der Waals surface area (Å²) in [6.07, 6.45) is 5.41. The first kappa shape index (κ1) is 12.3. The molecule has 2 aliphatic heterocycles. The second-order valence-electron chi connectivity index (χ2n) is 5.38. The second-order valence-corrected chi connectivity index (χ2v) is 5.38. The Labute approximate surface area is 99.5 Å². The minimum atomic E-state index is 0.838. The number of hydrogen-bond donors (Lipinski definition) is 1. The van der Waals surface area contributed by atoms with Crippen LogP contribution in [0.4, 0.5) is 0 Å². The average Bonchev–Trinajstić information content (AvgIpc) is 2.80. The van der Waals surface area contributed by atoms with Gasteiger partial charge >= 0.3 is 0 Å². The lowest BCUT2D eigenvalue weighted by Gasteiger charge is -2.33. The summed E-state index contributed by atoms with van der Waals surface area (Å²) in [7, 11) is 2.06. The molecule has 94 valence electrons. The lowest BCUT2D eigenvalue weighted by atomic mass is 9.97. The molecule has 0 saturated carbocycles. The van der Waals surface area contributed by atoms with Crippen LogP contribution in [0, 0.1) is 11.8 Å². The van der Waals surface area contributed by atoms with E-state index in [0.717, 1.165) is 25.0 Å². The van der Waals surface area contributed by atoms with Gasteiger partial charge in [0.1, 0.15) is 0 Å². The summed E-state index contributed by atoms with van der Waals surface area (Å²) in [6.45, 7) is 7.08. The van der Waals surface area contributed by atoms with Gasteiger partial charge in [-0.1, -0.05) is 0 Å². The summed E-state index contributed by atoms with van der Waals surface area (Å²) in [5.41, 5.74) is 0. The molecular weight excluding hydrogens is 200 g/mol. The van der Waals surface area contributed by atoms with Gasteiger partial charge in [-0.05, 0) is 64.2 Å². The van der Waals surface area contributed by atoms with E-state index >= 15 is 0 Å². The van der Waals surface area contributed by atoms with Crippen LogP contribution in [-0.2, 0) is 4.74 Å². The molecule has 2 unspecified atom stereocenters. The van der Waals surface area contributed by atoms with Crippen LogP contribution >= 0.6 is 0 Å². The van der Waals surface area contributed by atoms with Gasteiger partial charge in [0.2, 0.25) is 0 Å². The molecule has 0 amide bonds. The van der Waals surface area contributed by atoms with E-state index in [-0.39, 0.29) is 0 Å². The summed E-state index contributed by atoms with van der Waals surface area (Å²) in [5, 5.41) is 3.31. The highest BCUT2D eigenvalue weighted by Crippen LogP contribution is 2.20. The zero-order valence-electron chi connectivity index (χ0n) is 10.6. The van der Waals surface area contributed by atoms with Crippen molar-refractivity contribution in [1.29, 1.82) is 0 Å². The number of nitrogens with one attached hydrogen (secondary N) is 1. The van der Waals surface area contributed by atoms with Gasteiger partial charge in [-0.3, -0.25) is 0 Å². The van der Waals surface area contributed by atoms with Gasteiger partial charge < -0.3 is 15.0 Å². The van der Waals surface area contributed by atoms with Crippen LogP contribution < -0.4 is 5.32 Å². The van der Waals surface area contributed by atoms with Gasteiger partial charge in [0.05, 0.1) is 0 Å². The predicted molar refractivity (Wildman–Crippen MR) is 66.6 cm³/mol. The standard InChI is InChI=1S/C13H26N2O/c1-14-9-13-3-2-6-15(10-13)7-4-12-5-8-16-11-12/h12-14H,2-11H2,1H3.